The predicted molar refractivity (Wildman–Crippen MR) is 103 cm³/mol. The van der Waals surface area contributed by atoms with Gasteiger partial charge in [-0.25, -0.2) is 8.42 Å². The average Bonchev–Trinajstić information content (AvgIpc) is 2.67. The molecule has 0 saturated heterocycles. The van der Waals surface area contributed by atoms with Gasteiger partial charge in [0.05, 0.1) is 36.9 Å². The van der Waals surface area contributed by atoms with Gasteiger partial charge in [0.25, 0.3) is 5.91 Å². The quantitative estimate of drug-likeness (QED) is 0.673. The van der Waals surface area contributed by atoms with Crippen LogP contribution in [0.2, 0.25) is 0 Å². The number of nitrogens with zero attached hydrogens (tertiary/aromatic N) is 1. The highest BCUT2D eigenvalue weighted by molar-refractivity contribution is 7.89. The van der Waals surface area contributed by atoms with Gasteiger partial charge in [-0.3, -0.25) is 9.59 Å². The van der Waals surface area contributed by atoms with Crippen molar-refractivity contribution < 1.29 is 27.5 Å². The molecule has 0 aliphatic heterocycles. The second kappa shape index (κ2) is 8.72. The summed E-state index contributed by atoms with van der Waals surface area (Å²) in [5.74, 6) is -0.913. The van der Waals surface area contributed by atoms with Gasteiger partial charge in [0.1, 0.15) is 0 Å². The van der Waals surface area contributed by atoms with Crippen LogP contribution in [0.4, 0.5) is 5.69 Å². The molecule has 9 nitrogen and oxygen atoms in total. The minimum atomic E-state index is -3.84. The Morgan fingerprint density at radius 1 is 1.07 bits per heavy atom. The topological polar surface area (TPSA) is 128 Å². The van der Waals surface area contributed by atoms with Crippen LogP contribution in [0.15, 0.2) is 47.4 Å². The van der Waals surface area contributed by atoms with Crippen LogP contribution in [0.1, 0.15) is 10.4 Å². The number of nitrogens with two attached hydrogens (primary N) is 1. The van der Waals surface area contributed by atoms with Gasteiger partial charge in [0, 0.05) is 13.1 Å². The molecule has 0 spiro atoms. The van der Waals surface area contributed by atoms with Crippen LogP contribution < -0.4 is 20.5 Å². The second-order valence-corrected chi connectivity index (χ2v) is 7.78. The molecular formula is C18H21N3O6S. The zero-order valence-corrected chi connectivity index (χ0v) is 16.4. The molecule has 0 bridgehead atoms. The SMILES string of the molecule is COc1cc(NC(=O)CN(C)S(=O)(=O)c2ccccc2)c(C(N)=O)cc1OC. The van der Waals surface area contributed by atoms with E-state index in [0.717, 1.165) is 4.31 Å². The Morgan fingerprint density at radius 3 is 2.18 bits per heavy atom. The molecule has 0 heterocycles. The van der Waals surface area contributed by atoms with Crippen molar-refractivity contribution in [3.8, 4) is 11.5 Å². The molecule has 10 heteroatoms. The third-order valence-corrected chi connectivity index (χ3v) is 5.70. The molecule has 2 amide bonds. The number of nitrogens with one attached hydrogen (secondary N) is 1. The first-order valence-electron chi connectivity index (χ1n) is 8.07. The highest BCUT2D eigenvalue weighted by Gasteiger charge is 2.24. The zero-order valence-electron chi connectivity index (χ0n) is 15.6. The minimum Gasteiger partial charge on any atom is -0.493 e. The van der Waals surface area contributed by atoms with Gasteiger partial charge in [0.15, 0.2) is 11.5 Å². The number of carbonyl (C=O) groups is 2. The summed E-state index contributed by atoms with van der Waals surface area (Å²) >= 11 is 0. The standard InChI is InChI=1S/C18H21N3O6S/c1-21(28(24,25)12-7-5-4-6-8-12)11-17(22)20-14-10-16(27-3)15(26-2)9-13(14)18(19)23/h4-10H,11H2,1-3H3,(H2,19,23)(H,20,22). The van der Waals surface area contributed by atoms with Crippen LogP contribution in [0.25, 0.3) is 0 Å². The number of hydrogen-bond donors (Lipinski definition) is 2. The van der Waals surface area contributed by atoms with E-state index in [1.165, 1.54) is 45.5 Å². The van der Waals surface area contributed by atoms with Crippen molar-refractivity contribution in [2.45, 2.75) is 4.90 Å². The van der Waals surface area contributed by atoms with Crippen molar-refractivity contribution in [3.05, 3.63) is 48.0 Å². The summed E-state index contributed by atoms with van der Waals surface area (Å²) in [4.78, 5) is 24.2. The van der Waals surface area contributed by atoms with Crippen LogP contribution in [0.5, 0.6) is 11.5 Å². The van der Waals surface area contributed by atoms with Gasteiger partial charge in [-0.1, -0.05) is 18.2 Å². The van der Waals surface area contributed by atoms with Gasteiger partial charge in [-0.2, -0.15) is 4.31 Å². The summed E-state index contributed by atoms with van der Waals surface area (Å²) in [5, 5.41) is 2.49. The van der Waals surface area contributed by atoms with Crippen molar-refractivity contribution in [2.24, 2.45) is 5.73 Å². The molecule has 28 heavy (non-hydrogen) atoms. The number of likely N-dealkylation sites (N-methyl/N-ethyl adjacent to an activating group) is 1. The zero-order chi connectivity index (χ0) is 20.9. The third-order valence-electron chi connectivity index (χ3n) is 3.88. The van der Waals surface area contributed by atoms with Gasteiger partial charge < -0.3 is 20.5 Å². The Hall–Kier alpha value is -3.11. The highest BCUT2D eigenvalue weighted by Crippen LogP contribution is 2.33. The molecule has 2 aromatic carbocycles. The molecule has 0 radical (unpaired) electrons. The van der Waals surface area contributed by atoms with Crippen LogP contribution >= 0.6 is 0 Å². The fourth-order valence-electron chi connectivity index (χ4n) is 2.44. The van der Waals surface area contributed by atoms with Crippen molar-refractivity contribution in [3.63, 3.8) is 0 Å². The molecular weight excluding hydrogens is 386 g/mol. The summed E-state index contributed by atoms with van der Waals surface area (Å²) in [6.07, 6.45) is 0. The molecule has 2 rings (SSSR count). The molecule has 2 aromatic rings. The fraction of sp³-hybridized carbons (Fsp3) is 0.222. The molecule has 0 aromatic heterocycles. The number of hydrogen-bond acceptors (Lipinski definition) is 6. The lowest BCUT2D eigenvalue weighted by molar-refractivity contribution is -0.116. The molecule has 0 aliphatic rings. The van der Waals surface area contributed by atoms with E-state index >= 15 is 0 Å². The van der Waals surface area contributed by atoms with Crippen LogP contribution in [0.3, 0.4) is 0 Å². The largest absolute Gasteiger partial charge is 0.493 e. The Labute approximate surface area is 163 Å². The maximum atomic E-state index is 12.5. The van der Waals surface area contributed by atoms with Crippen LogP contribution in [0, 0.1) is 0 Å². The fourth-order valence-corrected chi connectivity index (χ4v) is 3.58. The number of primary amides is 1. The highest BCUT2D eigenvalue weighted by atomic mass is 32.2. The number of rotatable bonds is 8. The number of anilines is 1. The Kier molecular flexibility index (Phi) is 6.60. The van der Waals surface area contributed by atoms with Gasteiger partial charge in [-0.15, -0.1) is 0 Å². The van der Waals surface area contributed by atoms with E-state index in [-0.39, 0.29) is 27.6 Å². The second-order valence-electron chi connectivity index (χ2n) is 5.74. The molecule has 150 valence electrons. The van der Waals surface area contributed by atoms with Gasteiger partial charge in [0.2, 0.25) is 15.9 Å². The number of amides is 2. The first kappa shape index (κ1) is 21.2. The smallest absolute Gasteiger partial charge is 0.250 e. The van der Waals surface area contributed by atoms with E-state index in [1.807, 2.05) is 0 Å². The van der Waals surface area contributed by atoms with E-state index in [9.17, 15) is 18.0 Å². The maximum absolute atomic E-state index is 12.5. The lowest BCUT2D eigenvalue weighted by Crippen LogP contribution is -2.35. The van der Waals surface area contributed by atoms with Crippen molar-refractivity contribution in [1.82, 2.24) is 4.31 Å². The summed E-state index contributed by atoms with van der Waals surface area (Å²) in [6, 6.07) is 10.4. The first-order chi connectivity index (χ1) is 13.2. The Bertz CT molecular complexity index is 976. The Morgan fingerprint density at radius 2 is 1.64 bits per heavy atom. The van der Waals surface area contributed by atoms with E-state index in [4.69, 9.17) is 15.2 Å². The van der Waals surface area contributed by atoms with Gasteiger partial charge in [-0.05, 0) is 18.2 Å². The number of methoxy groups -OCH3 is 2. The molecule has 3 N–H and O–H groups in total. The van der Waals surface area contributed by atoms with Crippen molar-refractivity contribution in [2.75, 3.05) is 33.1 Å². The van der Waals surface area contributed by atoms with E-state index < -0.39 is 28.4 Å². The molecule has 0 unspecified atom stereocenters. The number of carbonyl (C=O) groups excluding carboxylic acids is 2. The van der Waals surface area contributed by atoms with Crippen LogP contribution in [-0.4, -0.2) is 52.3 Å². The lowest BCUT2D eigenvalue weighted by atomic mass is 10.1. The van der Waals surface area contributed by atoms with Crippen molar-refractivity contribution >= 4 is 27.5 Å². The number of ether oxygens (including phenoxy) is 2. The van der Waals surface area contributed by atoms with Crippen molar-refractivity contribution in [1.29, 1.82) is 0 Å². The number of sulfonamides is 1. The molecule has 0 fully saturated rings. The normalized spacial score (nSPS) is 11.1. The maximum Gasteiger partial charge on any atom is 0.250 e. The molecule has 0 atom stereocenters. The average molecular weight is 407 g/mol. The monoisotopic (exact) mass is 407 g/mol. The minimum absolute atomic E-state index is 0.000399. The van der Waals surface area contributed by atoms with E-state index in [1.54, 1.807) is 18.2 Å². The first-order valence-corrected chi connectivity index (χ1v) is 9.51. The van der Waals surface area contributed by atoms with Crippen LogP contribution in [-0.2, 0) is 14.8 Å². The summed E-state index contributed by atoms with van der Waals surface area (Å²) in [5.41, 5.74) is 5.44. The summed E-state index contributed by atoms with van der Waals surface area (Å²) < 4.78 is 36.2. The third kappa shape index (κ3) is 4.59. The predicted octanol–water partition coefficient (Wildman–Crippen LogP) is 1.06. The van der Waals surface area contributed by atoms with E-state index in [2.05, 4.69) is 5.32 Å². The van der Waals surface area contributed by atoms with Gasteiger partial charge >= 0.3 is 0 Å². The molecule has 0 saturated carbocycles. The summed E-state index contributed by atoms with van der Waals surface area (Å²) in [6.45, 7) is -0.468. The van der Waals surface area contributed by atoms with E-state index in [0.29, 0.717) is 0 Å². The molecule has 0 aliphatic carbocycles. The number of benzene rings is 2. The summed E-state index contributed by atoms with van der Waals surface area (Å²) in [7, 11) is 0.233. The Balaban J connectivity index is 2.24. The lowest BCUT2D eigenvalue weighted by Gasteiger charge is -2.18.